The van der Waals surface area contributed by atoms with Crippen LogP contribution in [0.2, 0.25) is 0 Å². The van der Waals surface area contributed by atoms with Gasteiger partial charge in [0.1, 0.15) is 11.6 Å². The monoisotopic (exact) mass is 341 g/mol. The second-order valence-electron chi connectivity index (χ2n) is 4.89. The lowest BCUT2D eigenvalue weighted by Crippen LogP contribution is -2.01. The molecule has 1 N–H and O–H groups in total. The number of para-hydroxylation sites is 1. The molecule has 0 fully saturated rings. The molecule has 21 heavy (non-hydrogen) atoms. The lowest BCUT2D eigenvalue weighted by Gasteiger charge is -2.11. The van der Waals surface area contributed by atoms with E-state index in [4.69, 9.17) is 0 Å². The lowest BCUT2D eigenvalue weighted by molar-refractivity contribution is 0.846. The van der Waals surface area contributed by atoms with Crippen molar-refractivity contribution in [2.75, 3.05) is 5.32 Å². The zero-order valence-corrected chi connectivity index (χ0v) is 13.4. The number of benzene rings is 2. The fourth-order valence-corrected chi connectivity index (χ4v) is 2.59. The second-order valence-corrected chi connectivity index (χ2v) is 5.81. The number of nitrogens with zero attached hydrogens (tertiary/aromatic N) is 2. The minimum Gasteiger partial charge on any atom is -0.340 e. The van der Waals surface area contributed by atoms with Crippen molar-refractivity contribution in [3.63, 3.8) is 0 Å². The van der Waals surface area contributed by atoms with Gasteiger partial charge in [0, 0.05) is 22.0 Å². The number of aryl methyl sites for hydroxylation is 1. The van der Waals surface area contributed by atoms with E-state index < -0.39 is 0 Å². The molecule has 0 radical (unpaired) electrons. The summed E-state index contributed by atoms with van der Waals surface area (Å²) >= 11 is 3.51. The minimum absolute atomic E-state index is 0.863. The Morgan fingerprint density at radius 1 is 1.05 bits per heavy atom. The first-order valence-electron chi connectivity index (χ1n) is 7.04. The first-order valence-corrected chi connectivity index (χ1v) is 7.84. The predicted molar refractivity (Wildman–Crippen MR) is 91.0 cm³/mol. The van der Waals surface area contributed by atoms with Gasteiger partial charge in [-0.25, -0.2) is 9.97 Å². The van der Waals surface area contributed by atoms with Gasteiger partial charge in [0.15, 0.2) is 0 Å². The highest BCUT2D eigenvalue weighted by molar-refractivity contribution is 9.10. The van der Waals surface area contributed by atoms with Crippen LogP contribution in [0.15, 0.2) is 53.0 Å². The molecule has 106 valence electrons. The Labute approximate surface area is 132 Å². The maximum atomic E-state index is 4.68. The highest BCUT2D eigenvalue weighted by Gasteiger charge is 2.08. The molecule has 0 amide bonds. The van der Waals surface area contributed by atoms with E-state index in [9.17, 15) is 0 Å². The Kier molecular flexibility index (Phi) is 4.15. The summed E-state index contributed by atoms with van der Waals surface area (Å²) in [5, 5.41) is 4.43. The van der Waals surface area contributed by atoms with Gasteiger partial charge in [-0.2, -0.15) is 0 Å². The van der Waals surface area contributed by atoms with Crippen molar-refractivity contribution < 1.29 is 0 Å². The Bertz CT molecular complexity index is 757. The molecule has 3 aromatic rings. The number of fused-ring (bicyclic) bond motifs is 1. The molecule has 3 rings (SSSR count). The lowest BCUT2D eigenvalue weighted by atomic mass is 10.2. The van der Waals surface area contributed by atoms with Crippen LogP contribution >= 0.6 is 15.9 Å². The van der Waals surface area contributed by atoms with Crippen LogP contribution in [0.1, 0.15) is 19.2 Å². The molecule has 4 heteroatoms. The van der Waals surface area contributed by atoms with Gasteiger partial charge in [0.25, 0.3) is 0 Å². The van der Waals surface area contributed by atoms with Crippen LogP contribution in [-0.2, 0) is 6.42 Å². The summed E-state index contributed by atoms with van der Waals surface area (Å²) in [4.78, 5) is 9.33. The molecule has 0 spiro atoms. The van der Waals surface area contributed by atoms with Gasteiger partial charge in [0.2, 0.25) is 0 Å². The van der Waals surface area contributed by atoms with Crippen molar-refractivity contribution in [1.82, 2.24) is 9.97 Å². The third kappa shape index (κ3) is 3.22. The number of anilines is 2. The molecule has 0 unspecified atom stereocenters. The van der Waals surface area contributed by atoms with Crippen LogP contribution in [0, 0.1) is 0 Å². The molecule has 0 saturated carbocycles. The Hall–Kier alpha value is -1.94. The topological polar surface area (TPSA) is 37.8 Å². The van der Waals surface area contributed by atoms with Crippen LogP contribution < -0.4 is 5.32 Å². The number of rotatable bonds is 4. The normalized spacial score (nSPS) is 10.8. The average Bonchev–Trinajstić information content (AvgIpc) is 2.48. The Morgan fingerprint density at radius 3 is 2.62 bits per heavy atom. The predicted octanol–water partition coefficient (Wildman–Crippen LogP) is 5.09. The third-order valence-electron chi connectivity index (χ3n) is 3.22. The quantitative estimate of drug-likeness (QED) is 0.718. The number of aromatic nitrogens is 2. The van der Waals surface area contributed by atoms with E-state index in [2.05, 4.69) is 38.1 Å². The van der Waals surface area contributed by atoms with Gasteiger partial charge in [-0.3, -0.25) is 0 Å². The molecule has 0 aliphatic carbocycles. The van der Waals surface area contributed by atoms with E-state index in [0.717, 1.165) is 45.5 Å². The van der Waals surface area contributed by atoms with E-state index >= 15 is 0 Å². The molecular formula is C17H16BrN3. The molecule has 2 aromatic carbocycles. The highest BCUT2D eigenvalue weighted by Crippen LogP contribution is 2.26. The first-order chi connectivity index (χ1) is 10.3. The first kappa shape index (κ1) is 14.0. The molecule has 0 saturated heterocycles. The molecular weight excluding hydrogens is 326 g/mol. The fourth-order valence-electron chi connectivity index (χ4n) is 2.24. The molecule has 0 aliphatic heterocycles. The summed E-state index contributed by atoms with van der Waals surface area (Å²) in [5.41, 5.74) is 1.99. The Balaban J connectivity index is 2.10. The summed E-state index contributed by atoms with van der Waals surface area (Å²) < 4.78 is 1.03. The number of nitrogens with one attached hydrogen (secondary N) is 1. The largest absolute Gasteiger partial charge is 0.340 e. The van der Waals surface area contributed by atoms with Gasteiger partial charge < -0.3 is 5.32 Å². The van der Waals surface area contributed by atoms with Crippen LogP contribution in [0.3, 0.4) is 0 Å². The molecule has 0 bridgehead atoms. The van der Waals surface area contributed by atoms with E-state index in [1.54, 1.807) is 0 Å². The molecule has 0 aliphatic rings. The van der Waals surface area contributed by atoms with Gasteiger partial charge in [-0.15, -0.1) is 0 Å². The van der Waals surface area contributed by atoms with Crippen LogP contribution in [0.4, 0.5) is 11.5 Å². The minimum atomic E-state index is 0.863. The average molecular weight is 342 g/mol. The maximum Gasteiger partial charge on any atom is 0.142 e. The van der Waals surface area contributed by atoms with Crippen LogP contribution in [0.5, 0.6) is 0 Å². The van der Waals surface area contributed by atoms with Crippen molar-refractivity contribution >= 4 is 38.3 Å². The van der Waals surface area contributed by atoms with Gasteiger partial charge in [-0.05, 0) is 36.8 Å². The standard InChI is InChI=1S/C17H16BrN3/c1-2-6-16-20-15-11-12(18)9-10-14(15)17(21-16)19-13-7-4-3-5-8-13/h3-5,7-11H,2,6H2,1H3,(H,19,20,21). The van der Waals surface area contributed by atoms with Crippen molar-refractivity contribution in [1.29, 1.82) is 0 Å². The van der Waals surface area contributed by atoms with Crippen molar-refractivity contribution in [3.05, 3.63) is 58.8 Å². The van der Waals surface area contributed by atoms with E-state index in [1.165, 1.54) is 0 Å². The summed E-state index contributed by atoms with van der Waals surface area (Å²) in [6, 6.07) is 16.2. The van der Waals surface area contributed by atoms with Crippen LogP contribution in [0.25, 0.3) is 10.9 Å². The maximum absolute atomic E-state index is 4.68. The molecule has 0 atom stereocenters. The fraction of sp³-hybridized carbons (Fsp3) is 0.176. The number of halogens is 1. The SMILES string of the molecule is CCCc1nc(Nc2ccccc2)c2ccc(Br)cc2n1. The summed E-state index contributed by atoms with van der Waals surface area (Å²) in [7, 11) is 0. The van der Waals surface area contributed by atoms with Gasteiger partial charge in [0.05, 0.1) is 5.52 Å². The molecule has 1 aromatic heterocycles. The summed E-state index contributed by atoms with van der Waals surface area (Å²) in [6.45, 7) is 2.14. The van der Waals surface area contributed by atoms with E-state index in [-0.39, 0.29) is 0 Å². The van der Waals surface area contributed by atoms with Gasteiger partial charge >= 0.3 is 0 Å². The van der Waals surface area contributed by atoms with Crippen molar-refractivity contribution in [2.24, 2.45) is 0 Å². The summed E-state index contributed by atoms with van der Waals surface area (Å²) in [6.07, 6.45) is 1.91. The zero-order chi connectivity index (χ0) is 14.7. The van der Waals surface area contributed by atoms with Gasteiger partial charge in [-0.1, -0.05) is 41.1 Å². The summed E-state index contributed by atoms with van der Waals surface area (Å²) in [5.74, 6) is 1.74. The second kappa shape index (κ2) is 6.22. The number of hydrogen-bond acceptors (Lipinski definition) is 3. The number of hydrogen-bond donors (Lipinski definition) is 1. The highest BCUT2D eigenvalue weighted by atomic mass is 79.9. The van der Waals surface area contributed by atoms with Crippen LogP contribution in [-0.4, -0.2) is 9.97 Å². The molecule has 1 heterocycles. The zero-order valence-electron chi connectivity index (χ0n) is 11.8. The third-order valence-corrected chi connectivity index (χ3v) is 3.71. The van der Waals surface area contributed by atoms with E-state index in [1.807, 2.05) is 48.5 Å². The van der Waals surface area contributed by atoms with E-state index in [0.29, 0.717) is 0 Å². The smallest absolute Gasteiger partial charge is 0.142 e. The van der Waals surface area contributed by atoms with Crippen molar-refractivity contribution in [3.8, 4) is 0 Å². The Morgan fingerprint density at radius 2 is 1.86 bits per heavy atom. The molecule has 3 nitrogen and oxygen atoms in total. The van der Waals surface area contributed by atoms with Crippen molar-refractivity contribution in [2.45, 2.75) is 19.8 Å².